The summed E-state index contributed by atoms with van der Waals surface area (Å²) in [4.78, 5) is 22.9. The van der Waals surface area contributed by atoms with Crippen LogP contribution < -0.4 is 0 Å². The first kappa shape index (κ1) is 26.7. The third-order valence-corrected chi connectivity index (χ3v) is 5.55. The molecule has 2 N–H and O–H groups in total. The molecular weight excluding hydrogens is 377 g/mol. The van der Waals surface area contributed by atoms with Crippen molar-refractivity contribution in [1.29, 1.82) is 0 Å². The molecule has 0 aromatic rings. The number of carboxylic acid groups (broad SMARTS) is 1. The predicted molar refractivity (Wildman–Crippen MR) is 114 cm³/mol. The van der Waals surface area contributed by atoms with E-state index in [0.717, 1.165) is 30.4 Å². The van der Waals surface area contributed by atoms with Gasteiger partial charge in [-0.1, -0.05) is 70.4 Å². The summed E-state index contributed by atoms with van der Waals surface area (Å²) in [5.41, 5.74) is 0. The lowest BCUT2D eigenvalue weighted by Gasteiger charge is -2.14. The number of rotatable bonds is 19. The van der Waals surface area contributed by atoms with E-state index in [1.807, 2.05) is 0 Å². The number of amides is 1. The number of carbonyl (C=O) groups excluding carboxylic acids is 1. The minimum Gasteiger partial charge on any atom is -0.480 e. The molecule has 0 aromatic carbocycles. The van der Waals surface area contributed by atoms with Crippen LogP contribution in [0, 0.1) is 0 Å². The molecule has 0 aliphatic carbocycles. The van der Waals surface area contributed by atoms with Crippen molar-refractivity contribution in [2.24, 2.45) is 0 Å². The van der Waals surface area contributed by atoms with Crippen LogP contribution in [0.15, 0.2) is 12.2 Å². The lowest BCUT2D eigenvalue weighted by molar-refractivity contribution is -0.147. The topological polar surface area (TPSA) is 94.9 Å². The highest BCUT2D eigenvalue weighted by atomic mass is 31.1. The summed E-state index contributed by atoms with van der Waals surface area (Å²) < 4.78 is 11.8. The number of hydrogen-bond acceptors (Lipinski definition) is 4. The maximum atomic E-state index is 12.0. The highest BCUT2D eigenvalue weighted by molar-refractivity contribution is 7.22. The largest absolute Gasteiger partial charge is 0.480 e. The van der Waals surface area contributed by atoms with Crippen molar-refractivity contribution in [2.45, 2.75) is 103 Å². The van der Waals surface area contributed by atoms with Crippen LogP contribution in [-0.4, -0.2) is 39.4 Å². The van der Waals surface area contributed by atoms with Gasteiger partial charge < -0.3 is 10.2 Å². The number of unbranched alkanes of at least 4 members (excludes halogenated alkanes) is 11. The summed E-state index contributed by atoms with van der Waals surface area (Å²) in [7, 11) is -1.19. The Labute approximate surface area is 171 Å². The number of aliphatic hydroxyl groups excluding tert-OH is 1. The highest BCUT2D eigenvalue weighted by Gasteiger charge is 2.34. The summed E-state index contributed by atoms with van der Waals surface area (Å²) in [6.07, 6.45) is 19.8. The number of hydrogen-bond donors (Lipinski definition) is 2. The van der Waals surface area contributed by atoms with Gasteiger partial charge in [0.05, 0.1) is 6.61 Å². The van der Waals surface area contributed by atoms with Crippen LogP contribution in [0.1, 0.15) is 96.8 Å². The number of aliphatic hydroxyl groups is 1. The molecule has 162 valence electrons. The molecule has 28 heavy (non-hydrogen) atoms. The van der Waals surface area contributed by atoms with Crippen molar-refractivity contribution in [3.8, 4) is 0 Å². The van der Waals surface area contributed by atoms with Gasteiger partial charge in [0.25, 0.3) is 5.91 Å². The zero-order chi connectivity index (χ0) is 21.0. The summed E-state index contributed by atoms with van der Waals surface area (Å²) in [5, 5.41) is 18.0. The zero-order valence-electron chi connectivity index (χ0n) is 17.4. The molecule has 0 saturated carbocycles. The Bertz CT molecular complexity index is 456. The van der Waals surface area contributed by atoms with Crippen LogP contribution >= 0.6 is 8.61 Å². The van der Waals surface area contributed by atoms with E-state index in [1.54, 1.807) is 0 Å². The summed E-state index contributed by atoms with van der Waals surface area (Å²) in [6.45, 7) is 1.50. The van der Waals surface area contributed by atoms with Gasteiger partial charge in [0.1, 0.15) is 0 Å². The van der Waals surface area contributed by atoms with Gasteiger partial charge >= 0.3 is 14.6 Å². The minimum atomic E-state index is -1.42. The molecule has 0 aromatic heterocycles. The van der Waals surface area contributed by atoms with E-state index in [0.29, 0.717) is 6.42 Å². The molecule has 0 bridgehead atoms. The Kier molecular flexibility index (Phi) is 18.2. The fourth-order valence-corrected chi connectivity index (χ4v) is 3.56. The SMILES string of the molecule is CCCCCCC=CCCCCCCCCCC(=O)N([PH+]=O)C(CO)C(=O)O. The van der Waals surface area contributed by atoms with E-state index in [2.05, 4.69) is 19.1 Å². The fourth-order valence-electron chi connectivity index (χ4n) is 3.03. The van der Waals surface area contributed by atoms with Crippen LogP contribution in [0.2, 0.25) is 0 Å². The Morgan fingerprint density at radius 2 is 1.39 bits per heavy atom. The minimum absolute atomic E-state index is 0.169. The molecule has 0 radical (unpaired) electrons. The lowest BCUT2D eigenvalue weighted by atomic mass is 10.1. The van der Waals surface area contributed by atoms with E-state index in [9.17, 15) is 14.2 Å². The summed E-state index contributed by atoms with van der Waals surface area (Å²) in [6, 6.07) is -1.42. The highest BCUT2D eigenvalue weighted by Crippen LogP contribution is 2.17. The molecule has 7 heteroatoms. The van der Waals surface area contributed by atoms with Crippen LogP contribution in [-0.2, 0) is 14.2 Å². The first-order valence-electron chi connectivity index (χ1n) is 10.8. The number of nitrogens with zero attached hydrogens (tertiary/aromatic N) is 1. The quantitative estimate of drug-likeness (QED) is 0.171. The molecule has 0 rings (SSSR count). The van der Waals surface area contributed by atoms with E-state index in [1.165, 1.54) is 51.4 Å². The third kappa shape index (κ3) is 13.8. The van der Waals surface area contributed by atoms with E-state index >= 15 is 0 Å². The van der Waals surface area contributed by atoms with Crippen molar-refractivity contribution in [3.63, 3.8) is 0 Å². The standard InChI is InChI=1S/C21H38NO5P/c1-2-3-4-5-6-7-8-9-10-11-12-13-14-15-16-17-20(24)22(28-27)19(18-23)21(25)26/h7-8,19,23H,2-6,9-18H2,1H3,(H,25,26)/p+1. The van der Waals surface area contributed by atoms with Crippen molar-refractivity contribution in [1.82, 2.24) is 4.67 Å². The average molecular weight is 417 g/mol. The van der Waals surface area contributed by atoms with Gasteiger partial charge in [-0.15, -0.1) is 4.67 Å². The van der Waals surface area contributed by atoms with Crippen molar-refractivity contribution in [2.75, 3.05) is 6.61 Å². The smallest absolute Gasteiger partial charge is 0.451 e. The van der Waals surface area contributed by atoms with Crippen LogP contribution in [0.4, 0.5) is 0 Å². The van der Waals surface area contributed by atoms with E-state index in [-0.39, 0.29) is 6.42 Å². The molecule has 0 heterocycles. The molecule has 0 spiro atoms. The normalized spacial score (nSPS) is 12.5. The molecule has 2 unspecified atom stereocenters. The number of carbonyl (C=O) groups is 2. The van der Waals surface area contributed by atoms with Gasteiger partial charge in [0.2, 0.25) is 0 Å². The van der Waals surface area contributed by atoms with Crippen LogP contribution in [0.25, 0.3) is 0 Å². The second-order valence-corrected chi connectivity index (χ2v) is 7.89. The maximum absolute atomic E-state index is 12.0. The maximum Gasteiger partial charge on any atom is 0.451 e. The van der Waals surface area contributed by atoms with Crippen molar-refractivity contribution < 1.29 is 24.4 Å². The number of aliphatic carboxylic acids is 1. The molecule has 1 amide bonds. The Morgan fingerprint density at radius 1 is 0.893 bits per heavy atom. The van der Waals surface area contributed by atoms with Gasteiger partial charge in [-0.05, 0) is 36.7 Å². The monoisotopic (exact) mass is 416 g/mol. The lowest BCUT2D eigenvalue weighted by Crippen LogP contribution is -2.41. The molecule has 0 aliphatic heterocycles. The summed E-state index contributed by atoms with van der Waals surface area (Å²) >= 11 is 0. The molecule has 2 atom stereocenters. The van der Waals surface area contributed by atoms with Gasteiger partial charge in [0.15, 0.2) is 6.04 Å². The molecule has 6 nitrogen and oxygen atoms in total. The third-order valence-electron chi connectivity index (χ3n) is 4.79. The molecule has 0 saturated heterocycles. The first-order chi connectivity index (χ1) is 13.6. The second-order valence-electron chi connectivity index (χ2n) is 7.23. The van der Waals surface area contributed by atoms with Gasteiger partial charge in [-0.25, -0.2) is 4.79 Å². The Morgan fingerprint density at radius 3 is 1.86 bits per heavy atom. The second kappa shape index (κ2) is 19.1. The molecule has 0 aliphatic rings. The van der Waals surface area contributed by atoms with Crippen LogP contribution in [0.3, 0.4) is 0 Å². The van der Waals surface area contributed by atoms with Crippen LogP contribution in [0.5, 0.6) is 0 Å². The average Bonchev–Trinajstić information content (AvgIpc) is 2.68. The van der Waals surface area contributed by atoms with Gasteiger partial charge in [-0.2, -0.15) is 0 Å². The van der Waals surface area contributed by atoms with Crippen molar-refractivity contribution in [3.05, 3.63) is 12.2 Å². The predicted octanol–water partition coefficient (Wildman–Crippen LogP) is 5.24. The van der Waals surface area contributed by atoms with Gasteiger partial charge in [-0.3, -0.25) is 4.79 Å². The van der Waals surface area contributed by atoms with E-state index in [4.69, 9.17) is 10.2 Å². The zero-order valence-corrected chi connectivity index (χ0v) is 18.4. The fraction of sp³-hybridized carbons (Fsp3) is 0.810. The Hall–Kier alpha value is -1.26. The van der Waals surface area contributed by atoms with Gasteiger partial charge in [0, 0.05) is 6.42 Å². The Balaban J connectivity index is 3.61. The summed E-state index contributed by atoms with van der Waals surface area (Å²) in [5.74, 6) is -1.82. The number of carboxylic acids is 1. The molecule has 0 fully saturated rings. The van der Waals surface area contributed by atoms with Crippen molar-refractivity contribution >= 4 is 20.5 Å². The van der Waals surface area contributed by atoms with E-state index < -0.39 is 33.1 Å². The number of allylic oxidation sites excluding steroid dienone is 2. The first-order valence-corrected chi connectivity index (χ1v) is 11.6. The molecular formula is C21H39NO5P+.